The number of rotatable bonds is 6. The largest absolute Gasteiger partial charge is 0.370 e. The minimum atomic E-state index is -0.00854. The summed E-state index contributed by atoms with van der Waals surface area (Å²) in [5.74, 6) is 0.934. The monoisotopic (exact) mass is 322 g/mol. The van der Waals surface area contributed by atoms with E-state index in [2.05, 4.69) is 33.6 Å². The average molecular weight is 322 g/mol. The summed E-state index contributed by atoms with van der Waals surface area (Å²) in [6, 6.07) is 11.9. The van der Waals surface area contributed by atoms with Crippen molar-refractivity contribution in [1.29, 1.82) is 0 Å². The van der Waals surface area contributed by atoms with E-state index < -0.39 is 0 Å². The summed E-state index contributed by atoms with van der Waals surface area (Å²) in [6.45, 7) is 4.91. The highest BCUT2D eigenvalue weighted by Crippen LogP contribution is 2.27. The molecule has 0 spiro atoms. The fourth-order valence-electron chi connectivity index (χ4n) is 2.86. The van der Waals surface area contributed by atoms with Crippen LogP contribution in [0.2, 0.25) is 0 Å². The Kier molecular flexibility index (Phi) is 4.79. The maximum atomic E-state index is 12.3. The number of nitrogens with zero attached hydrogens (tertiary/aromatic N) is 1. The molecule has 0 aliphatic carbocycles. The van der Waals surface area contributed by atoms with Gasteiger partial charge < -0.3 is 15.6 Å². The van der Waals surface area contributed by atoms with E-state index in [-0.39, 0.29) is 11.8 Å². The minimum Gasteiger partial charge on any atom is -0.370 e. The van der Waals surface area contributed by atoms with Gasteiger partial charge in [-0.05, 0) is 36.6 Å². The molecule has 24 heavy (non-hydrogen) atoms. The molecule has 5 nitrogen and oxygen atoms in total. The van der Waals surface area contributed by atoms with Gasteiger partial charge in [0.05, 0.1) is 11.9 Å². The second-order valence-electron chi connectivity index (χ2n) is 5.91. The molecular weight excluding hydrogens is 300 g/mol. The van der Waals surface area contributed by atoms with Gasteiger partial charge in [-0.1, -0.05) is 25.1 Å². The van der Waals surface area contributed by atoms with Crippen LogP contribution < -0.4 is 10.6 Å². The molecule has 124 valence electrons. The molecule has 1 unspecified atom stereocenters. The van der Waals surface area contributed by atoms with Crippen molar-refractivity contribution in [3.05, 3.63) is 54.4 Å². The lowest BCUT2D eigenvalue weighted by Crippen LogP contribution is -2.14. The predicted molar refractivity (Wildman–Crippen MR) is 98.4 cm³/mol. The van der Waals surface area contributed by atoms with Crippen LogP contribution >= 0.6 is 0 Å². The summed E-state index contributed by atoms with van der Waals surface area (Å²) in [5, 5.41) is 7.22. The summed E-state index contributed by atoms with van der Waals surface area (Å²) in [7, 11) is 0. The predicted octanol–water partition coefficient (Wildman–Crippen LogP) is 4.13. The van der Waals surface area contributed by atoms with E-state index in [1.165, 1.54) is 10.9 Å². The van der Waals surface area contributed by atoms with Gasteiger partial charge in [-0.25, -0.2) is 4.98 Å². The first-order valence-electron chi connectivity index (χ1n) is 8.23. The molecule has 3 aromatic rings. The van der Waals surface area contributed by atoms with Crippen molar-refractivity contribution in [2.24, 2.45) is 0 Å². The van der Waals surface area contributed by atoms with E-state index in [0.717, 1.165) is 17.9 Å². The molecule has 1 amide bonds. The van der Waals surface area contributed by atoms with Gasteiger partial charge in [0, 0.05) is 30.1 Å². The Morgan fingerprint density at radius 1 is 1.25 bits per heavy atom. The topological polar surface area (TPSA) is 69.8 Å². The number of pyridine rings is 1. The number of nitrogens with one attached hydrogen (secondary N) is 3. The molecule has 0 saturated carbocycles. The van der Waals surface area contributed by atoms with E-state index in [1.807, 2.05) is 43.5 Å². The lowest BCUT2D eigenvalue weighted by molar-refractivity contribution is -0.116. The van der Waals surface area contributed by atoms with Crippen LogP contribution in [0.5, 0.6) is 0 Å². The number of carbonyl (C=O) groups excluding carboxylic acids is 1. The maximum Gasteiger partial charge on any atom is 0.225 e. The van der Waals surface area contributed by atoms with Gasteiger partial charge in [0.25, 0.3) is 0 Å². The Morgan fingerprint density at radius 2 is 2.08 bits per heavy atom. The van der Waals surface area contributed by atoms with Crippen molar-refractivity contribution in [2.75, 3.05) is 17.2 Å². The Hall–Kier alpha value is -2.82. The van der Waals surface area contributed by atoms with Crippen molar-refractivity contribution in [3.63, 3.8) is 0 Å². The molecule has 0 saturated heterocycles. The number of carbonyl (C=O) groups is 1. The summed E-state index contributed by atoms with van der Waals surface area (Å²) in [6.07, 6.45) is 4.10. The quantitative estimate of drug-likeness (QED) is 0.639. The van der Waals surface area contributed by atoms with E-state index in [9.17, 15) is 4.79 Å². The molecule has 0 aliphatic rings. The Bertz CT molecular complexity index is 823. The minimum absolute atomic E-state index is 0.00854. The number of aromatic amines is 1. The van der Waals surface area contributed by atoms with Gasteiger partial charge in [-0.15, -0.1) is 0 Å². The number of anilines is 2. The van der Waals surface area contributed by atoms with Crippen LogP contribution in [0.4, 0.5) is 11.5 Å². The standard InChI is InChI=1S/C19H22N4O/c1-3-20-18-9-8-14(11-22-18)23-19(24)10-13(2)16-12-21-17-7-5-4-6-15(16)17/h4-9,11-13,21H,3,10H2,1-2H3,(H,20,22)(H,23,24). The first-order chi connectivity index (χ1) is 11.7. The average Bonchev–Trinajstić information content (AvgIpc) is 3.01. The Balaban J connectivity index is 1.63. The van der Waals surface area contributed by atoms with E-state index in [4.69, 9.17) is 0 Å². The molecule has 2 aromatic heterocycles. The molecule has 5 heteroatoms. The number of hydrogen-bond donors (Lipinski definition) is 3. The van der Waals surface area contributed by atoms with Crippen LogP contribution in [-0.2, 0) is 4.79 Å². The summed E-state index contributed by atoms with van der Waals surface area (Å²) >= 11 is 0. The number of benzene rings is 1. The number of aromatic nitrogens is 2. The first kappa shape index (κ1) is 16.1. The van der Waals surface area contributed by atoms with Crippen molar-refractivity contribution in [1.82, 2.24) is 9.97 Å². The Morgan fingerprint density at radius 3 is 2.83 bits per heavy atom. The lowest BCUT2D eigenvalue weighted by Gasteiger charge is -2.11. The third-order valence-corrected chi connectivity index (χ3v) is 4.05. The van der Waals surface area contributed by atoms with Crippen LogP contribution in [0.3, 0.4) is 0 Å². The molecular formula is C19H22N4O. The summed E-state index contributed by atoms with van der Waals surface area (Å²) < 4.78 is 0. The molecule has 1 atom stereocenters. The highest BCUT2D eigenvalue weighted by Gasteiger charge is 2.15. The van der Waals surface area contributed by atoms with Gasteiger partial charge >= 0.3 is 0 Å². The van der Waals surface area contributed by atoms with Crippen LogP contribution in [0.25, 0.3) is 10.9 Å². The van der Waals surface area contributed by atoms with Gasteiger partial charge in [0.15, 0.2) is 0 Å². The molecule has 3 rings (SSSR count). The smallest absolute Gasteiger partial charge is 0.225 e. The highest BCUT2D eigenvalue weighted by atomic mass is 16.1. The third-order valence-electron chi connectivity index (χ3n) is 4.05. The molecule has 0 aliphatic heterocycles. The van der Waals surface area contributed by atoms with Crippen LogP contribution in [0.1, 0.15) is 31.7 Å². The normalized spacial score (nSPS) is 12.1. The van der Waals surface area contributed by atoms with Crippen LogP contribution in [0, 0.1) is 0 Å². The van der Waals surface area contributed by atoms with E-state index in [1.54, 1.807) is 6.20 Å². The van der Waals surface area contributed by atoms with Crippen molar-refractivity contribution >= 4 is 28.3 Å². The number of hydrogen-bond acceptors (Lipinski definition) is 3. The van der Waals surface area contributed by atoms with Gasteiger partial charge in [-0.3, -0.25) is 4.79 Å². The van der Waals surface area contributed by atoms with Crippen molar-refractivity contribution in [3.8, 4) is 0 Å². The second-order valence-corrected chi connectivity index (χ2v) is 5.91. The second kappa shape index (κ2) is 7.17. The number of amides is 1. The number of fused-ring (bicyclic) bond motifs is 1. The fourth-order valence-corrected chi connectivity index (χ4v) is 2.86. The molecule has 3 N–H and O–H groups in total. The zero-order chi connectivity index (χ0) is 16.9. The Labute approximate surface area is 141 Å². The van der Waals surface area contributed by atoms with Crippen molar-refractivity contribution in [2.45, 2.75) is 26.2 Å². The highest BCUT2D eigenvalue weighted by molar-refractivity contribution is 5.92. The molecule has 2 heterocycles. The van der Waals surface area contributed by atoms with Gasteiger partial charge in [-0.2, -0.15) is 0 Å². The van der Waals surface area contributed by atoms with E-state index in [0.29, 0.717) is 12.1 Å². The molecule has 1 aromatic carbocycles. The van der Waals surface area contributed by atoms with Crippen molar-refractivity contribution < 1.29 is 4.79 Å². The fraction of sp³-hybridized carbons (Fsp3) is 0.263. The van der Waals surface area contributed by atoms with E-state index >= 15 is 0 Å². The number of H-pyrrole nitrogens is 1. The summed E-state index contributed by atoms with van der Waals surface area (Å²) in [4.78, 5) is 19.8. The van der Waals surface area contributed by atoms with Gasteiger partial charge in [0.1, 0.15) is 5.82 Å². The van der Waals surface area contributed by atoms with Crippen LogP contribution in [0.15, 0.2) is 48.8 Å². The summed E-state index contributed by atoms with van der Waals surface area (Å²) in [5.41, 5.74) is 2.98. The van der Waals surface area contributed by atoms with Gasteiger partial charge in [0.2, 0.25) is 5.91 Å². The third kappa shape index (κ3) is 3.56. The first-order valence-corrected chi connectivity index (χ1v) is 8.23. The zero-order valence-electron chi connectivity index (χ0n) is 14.0. The SMILES string of the molecule is CCNc1ccc(NC(=O)CC(C)c2c[nH]c3ccccc23)cn1. The lowest BCUT2D eigenvalue weighted by atomic mass is 9.97. The van der Waals surface area contributed by atoms with Crippen LogP contribution in [-0.4, -0.2) is 22.4 Å². The molecule has 0 radical (unpaired) electrons. The molecule has 0 fully saturated rings. The zero-order valence-corrected chi connectivity index (χ0v) is 14.0. The maximum absolute atomic E-state index is 12.3. The number of para-hydroxylation sites is 1. The molecule has 0 bridgehead atoms.